The Balaban J connectivity index is 1.84. The fourth-order valence-electron chi connectivity index (χ4n) is 3.11. The van der Waals surface area contributed by atoms with Gasteiger partial charge in [-0.3, -0.25) is 0 Å². The van der Waals surface area contributed by atoms with Crippen molar-refractivity contribution in [3.63, 3.8) is 0 Å². The van der Waals surface area contributed by atoms with Crippen molar-refractivity contribution < 1.29 is 9.38 Å². The van der Waals surface area contributed by atoms with E-state index in [9.17, 15) is 5.21 Å². The summed E-state index contributed by atoms with van der Waals surface area (Å²) in [6.07, 6.45) is 5.87. The molecule has 0 fully saturated rings. The third-order valence-corrected chi connectivity index (χ3v) is 5.17. The number of methoxy groups -OCH3 is 1. The zero-order valence-corrected chi connectivity index (χ0v) is 17.1. The van der Waals surface area contributed by atoms with Crippen molar-refractivity contribution in [2.75, 3.05) is 25.9 Å². The van der Waals surface area contributed by atoms with Crippen LogP contribution in [0.3, 0.4) is 0 Å². The number of rotatable bonds is 6. The Morgan fingerprint density at radius 2 is 1.89 bits per heavy atom. The molecule has 4 nitrogen and oxygen atoms in total. The van der Waals surface area contributed by atoms with Crippen LogP contribution in [0.2, 0.25) is 0 Å². The summed E-state index contributed by atoms with van der Waals surface area (Å²) in [6, 6.07) is 15.1. The van der Waals surface area contributed by atoms with Crippen molar-refractivity contribution in [2.24, 2.45) is 0 Å². The van der Waals surface area contributed by atoms with Crippen LogP contribution in [-0.4, -0.2) is 24.8 Å². The lowest BCUT2D eigenvalue weighted by Crippen LogP contribution is -2.45. The molecule has 1 unspecified atom stereocenters. The largest absolute Gasteiger partial charge is 0.627 e. The summed E-state index contributed by atoms with van der Waals surface area (Å²) in [4.78, 5) is 0. The van der Waals surface area contributed by atoms with Crippen molar-refractivity contribution >= 4 is 35.0 Å². The Morgan fingerprint density at radius 1 is 1.14 bits per heavy atom. The van der Waals surface area contributed by atoms with Gasteiger partial charge in [0.2, 0.25) is 0 Å². The molecule has 0 saturated heterocycles. The highest BCUT2D eigenvalue weighted by Crippen LogP contribution is 2.33. The van der Waals surface area contributed by atoms with E-state index < -0.39 is 4.65 Å². The second-order valence-corrected chi connectivity index (χ2v) is 7.59. The van der Waals surface area contributed by atoms with Crippen molar-refractivity contribution in [1.29, 1.82) is 0 Å². The molecule has 0 amide bonds. The molecular weight excluding hydrogens is 395 g/mol. The van der Waals surface area contributed by atoms with Crippen molar-refractivity contribution in [1.82, 2.24) is 0 Å². The SMILES string of the molecule is COc1cccc(C=CC2=C(Cl)C=C(Cl)C[N+]2([O-])CCc2ccc(N)cc2)c1. The van der Waals surface area contributed by atoms with Gasteiger partial charge in [-0.2, -0.15) is 0 Å². The molecule has 146 valence electrons. The Hall–Kier alpha value is -2.24. The minimum absolute atomic E-state index is 0.157. The number of ether oxygens (including phenoxy) is 1. The fourth-order valence-corrected chi connectivity index (χ4v) is 3.82. The molecule has 1 heterocycles. The number of hydrogen-bond acceptors (Lipinski definition) is 3. The van der Waals surface area contributed by atoms with E-state index in [2.05, 4.69) is 0 Å². The molecule has 2 N–H and O–H groups in total. The van der Waals surface area contributed by atoms with Crippen LogP contribution in [0.1, 0.15) is 11.1 Å². The van der Waals surface area contributed by atoms with Crippen LogP contribution >= 0.6 is 23.2 Å². The molecule has 0 radical (unpaired) electrons. The Morgan fingerprint density at radius 3 is 2.61 bits per heavy atom. The number of hydrogen-bond donors (Lipinski definition) is 1. The van der Waals surface area contributed by atoms with Crippen LogP contribution in [0.25, 0.3) is 6.08 Å². The lowest BCUT2D eigenvalue weighted by Gasteiger charge is -2.44. The summed E-state index contributed by atoms with van der Waals surface area (Å²) in [7, 11) is 1.62. The first-order valence-electron chi connectivity index (χ1n) is 8.91. The third-order valence-electron chi connectivity index (χ3n) is 4.64. The van der Waals surface area contributed by atoms with E-state index in [4.69, 9.17) is 33.7 Å². The lowest BCUT2D eigenvalue weighted by molar-refractivity contribution is -0.834. The minimum Gasteiger partial charge on any atom is -0.627 e. The zero-order valence-electron chi connectivity index (χ0n) is 15.6. The lowest BCUT2D eigenvalue weighted by atomic mass is 10.1. The highest BCUT2D eigenvalue weighted by Gasteiger charge is 2.29. The third kappa shape index (κ3) is 4.97. The second-order valence-electron chi connectivity index (χ2n) is 6.70. The van der Waals surface area contributed by atoms with Gasteiger partial charge in [-0.15, -0.1) is 0 Å². The molecule has 0 aliphatic carbocycles. The van der Waals surface area contributed by atoms with E-state index in [1.165, 1.54) is 0 Å². The number of nitrogens with two attached hydrogens (primary N) is 1. The van der Waals surface area contributed by atoms with Crippen molar-refractivity contribution in [2.45, 2.75) is 6.42 Å². The van der Waals surface area contributed by atoms with Gasteiger partial charge in [0.1, 0.15) is 17.3 Å². The van der Waals surface area contributed by atoms with Crippen LogP contribution in [-0.2, 0) is 6.42 Å². The van der Waals surface area contributed by atoms with Crippen LogP contribution in [0.15, 0.2) is 76.4 Å². The predicted octanol–water partition coefficient (Wildman–Crippen LogP) is 5.43. The van der Waals surface area contributed by atoms with Crippen LogP contribution < -0.4 is 10.5 Å². The summed E-state index contributed by atoms with van der Waals surface area (Å²) < 4.78 is 4.63. The van der Waals surface area contributed by atoms with E-state index in [0.717, 1.165) is 16.9 Å². The molecule has 28 heavy (non-hydrogen) atoms. The van der Waals surface area contributed by atoms with E-state index >= 15 is 0 Å². The maximum atomic E-state index is 13.6. The van der Waals surface area contributed by atoms with Gasteiger partial charge in [0, 0.05) is 18.2 Å². The first-order valence-corrected chi connectivity index (χ1v) is 9.66. The van der Waals surface area contributed by atoms with Crippen LogP contribution in [0.5, 0.6) is 5.75 Å². The van der Waals surface area contributed by atoms with E-state index in [-0.39, 0.29) is 6.54 Å². The van der Waals surface area contributed by atoms with Crippen molar-refractivity contribution in [3.05, 3.63) is 92.8 Å². The Bertz CT molecular complexity index is 936. The Kier molecular flexibility index (Phi) is 6.47. The molecule has 1 aliphatic rings. The predicted molar refractivity (Wildman–Crippen MR) is 117 cm³/mol. The average molecular weight is 417 g/mol. The normalized spacial score (nSPS) is 19.8. The van der Waals surface area contributed by atoms with E-state index in [0.29, 0.717) is 34.4 Å². The number of anilines is 1. The molecule has 3 rings (SSSR count). The molecular formula is C22H22Cl2N2O2. The molecule has 2 aromatic carbocycles. The maximum Gasteiger partial charge on any atom is 0.152 e. The van der Waals surface area contributed by atoms with Gasteiger partial charge in [-0.05, 0) is 47.5 Å². The first-order chi connectivity index (χ1) is 13.4. The van der Waals surface area contributed by atoms with Gasteiger partial charge in [0.05, 0.1) is 18.7 Å². The monoisotopic (exact) mass is 416 g/mol. The van der Waals surface area contributed by atoms with Gasteiger partial charge in [0.25, 0.3) is 0 Å². The number of nitrogens with zero attached hydrogens (tertiary/aromatic N) is 1. The van der Waals surface area contributed by atoms with Gasteiger partial charge in [0.15, 0.2) is 5.70 Å². The smallest absolute Gasteiger partial charge is 0.152 e. The van der Waals surface area contributed by atoms with Crippen molar-refractivity contribution in [3.8, 4) is 5.75 Å². The fraction of sp³-hybridized carbons (Fsp3) is 0.182. The molecule has 0 bridgehead atoms. The van der Waals surface area contributed by atoms with Gasteiger partial charge in [-0.1, -0.05) is 47.5 Å². The van der Waals surface area contributed by atoms with E-state index in [1.54, 1.807) is 19.3 Å². The van der Waals surface area contributed by atoms with Crippen LogP contribution in [0.4, 0.5) is 5.69 Å². The number of quaternary nitrogens is 1. The highest BCUT2D eigenvalue weighted by atomic mass is 35.5. The summed E-state index contributed by atoms with van der Waals surface area (Å²) in [5.74, 6) is 0.750. The standard InChI is InChI=1S/C22H22Cl2N2O2/c1-28-20-4-2-3-17(13-20)7-10-22-21(24)14-18(23)15-26(22,27)12-11-16-5-8-19(25)9-6-16/h2-10,13-14H,11-12,15,25H2,1H3. The summed E-state index contributed by atoms with van der Waals surface area (Å²) in [5, 5.41) is 14.4. The molecule has 1 atom stereocenters. The molecule has 6 heteroatoms. The summed E-state index contributed by atoms with van der Waals surface area (Å²) in [5.41, 5.74) is 8.88. The molecule has 0 spiro atoms. The zero-order chi connectivity index (χ0) is 20.1. The second kappa shape index (κ2) is 8.84. The molecule has 0 saturated carbocycles. The topological polar surface area (TPSA) is 58.3 Å². The Labute approximate surface area is 175 Å². The number of nitrogen functional groups attached to an aromatic ring is 1. The first kappa shape index (κ1) is 20.5. The maximum absolute atomic E-state index is 13.6. The highest BCUT2D eigenvalue weighted by molar-refractivity contribution is 6.35. The number of allylic oxidation sites excluding steroid dienone is 3. The van der Waals surface area contributed by atoms with Gasteiger partial charge in [-0.25, -0.2) is 0 Å². The molecule has 1 aliphatic heterocycles. The van der Waals surface area contributed by atoms with Crippen LogP contribution in [0, 0.1) is 5.21 Å². The van der Waals surface area contributed by atoms with Gasteiger partial charge >= 0.3 is 0 Å². The van der Waals surface area contributed by atoms with E-state index in [1.807, 2.05) is 54.6 Å². The van der Waals surface area contributed by atoms with Gasteiger partial charge < -0.3 is 20.3 Å². The summed E-state index contributed by atoms with van der Waals surface area (Å²) >= 11 is 12.6. The number of hydroxylamine groups is 3. The number of benzene rings is 2. The molecule has 0 aromatic heterocycles. The molecule has 2 aromatic rings. The quantitative estimate of drug-likeness (QED) is 0.387. The average Bonchev–Trinajstić information content (AvgIpc) is 2.67. The number of halogens is 2. The summed E-state index contributed by atoms with van der Waals surface area (Å²) in [6.45, 7) is 0.479. The minimum atomic E-state index is -0.612.